The number of aromatic amines is 1. The molecule has 0 radical (unpaired) electrons. The number of esters is 1. The van der Waals surface area contributed by atoms with Gasteiger partial charge in [0.2, 0.25) is 0 Å². The van der Waals surface area contributed by atoms with Crippen LogP contribution in [0.4, 0.5) is 11.4 Å². The number of fused-ring (bicyclic) bond motifs is 1. The quantitative estimate of drug-likeness (QED) is 0.413. The number of nitrogens with zero attached hydrogens (tertiary/aromatic N) is 3. The number of nitro groups is 1. The van der Waals surface area contributed by atoms with Crippen molar-refractivity contribution in [2.75, 3.05) is 19.0 Å². The second-order valence-corrected chi connectivity index (χ2v) is 6.49. The predicted molar refractivity (Wildman–Crippen MR) is 96.8 cm³/mol. The Morgan fingerprint density at radius 1 is 1.38 bits per heavy atom. The number of aromatic nitrogens is 2. The third-order valence-corrected chi connectivity index (χ3v) is 4.50. The highest BCUT2D eigenvalue weighted by Gasteiger charge is 2.19. The summed E-state index contributed by atoms with van der Waals surface area (Å²) < 4.78 is 5.62. The minimum atomic E-state index is -0.744. The summed E-state index contributed by atoms with van der Waals surface area (Å²) in [5.41, 5.74) is 0.440. The Balaban J connectivity index is 1.80. The van der Waals surface area contributed by atoms with E-state index in [1.54, 1.807) is 30.4 Å². The number of ether oxygens (including phenoxy) is 1. The fourth-order valence-electron chi connectivity index (χ4n) is 2.38. The van der Waals surface area contributed by atoms with E-state index in [1.807, 2.05) is 0 Å². The van der Waals surface area contributed by atoms with Gasteiger partial charge in [-0.3, -0.25) is 14.9 Å². The van der Waals surface area contributed by atoms with Gasteiger partial charge in [0.05, 0.1) is 16.0 Å². The summed E-state index contributed by atoms with van der Waals surface area (Å²) in [6, 6.07) is 5.79. The molecule has 3 aromatic rings. The van der Waals surface area contributed by atoms with Gasteiger partial charge in [-0.25, -0.2) is 9.78 Å². The number of thiophene rings is 1. The fourth-order valence-corrected chi connectivity index (χ4v) is 3.11. The van der Waals surface area contributed by atoms with Gasteiger partial charge in [-0.15, -0.1) is 11.3 Å². The van der Waals surface area contributed by atoms with Crippen LogP contribution in [0.5, 0.6) is 0 Å². The topological polar surface area (TPSA) is 118 Å². The van der Waals surface area contributed by atoms with E-state index in [4.69, 9.17) is 4.74 Å². The number of anilines is 1. The van der Waals surface area contributed by atoms with E-state index in [0.717, 1.165) is 6.07 Å². The molecular weight excluding hydrogens is 360 g/mol. The van der Waals surface area contributed by atoms with Crippen molar-refractivity contribution in [2.24, 2.45) is 0 Å². The van der Waals surface area contributed by atoms with Crippen molar-refractivity contribution < 1.29 is 14.5 Å². The molecule has 0 aliphatic rings. The lowest BCUT2D eigenvalue weighted by Crippen LogP contribution is -2.14. The number of rotatable bonds is 5. The summed E-state index contributed by atoms with van der Waals surface area (Å²) >= 11 is 1.27. The fraction of sp³-hybridized carbons (Fsp3) is 0.188. The average molecular weight is 374 g/mol. The summed E-state index contributed by atoms with van der Waals surface area (Å²) in [5, 5.41) is 12.9. The van der Waals surface area contributed by atoms with E-state index in [1.165, 1.54) is 23.5 Å². The first kappa shape index (κ1) is 17.5. The smallest absolute Gasteiger partial charge is 0.338 e. The van der Waals surface area contributed by atoms with Crippen molar-refractivity contribution in [3.05, 3.63) is 61.5 Å². The van der Waals surface area contributed by atoms with E-state index < -0.39 is 10.9 Å². The summed E-state index contributed by atoms with van der Waals surface area (Å²) in [6.45, 7) is -0.247. The zero-order valence-electron chi connectivity index (χ0n) is 13.9. The maximum Gasteiger partial charge on any atom is 0.338 e. The van der Waals surface area contributed by atoms with Crippen LogP contribution in [0.1, 0.15) is 16.2 Å². The Labute approximate surface area is 151 Å². The van der Waals surface area contributed by atoms with Crippen LogP contribution in [0.2, 0.25) is 0 Å². The molecule has 0 aliphatic carbocycles. The molecule has 2 heterocycles. The molecule has 10 heteroatoms. The Bertz CT molecular complexity index is 1060. The molecule has 2 aromatic heterocycles. The van der Waals surface area contributed by atoms with E-state index >= 15 is 0 Å². The molecule has 3 rings (SSSR count). The first-order valence-electron chi connectivity index (χ1n) is 7.46. The number of H-pyrrole nitrogens is 1. The van der Waals surface area contributed by atoms with Crippen molar-refractivity contribution in [1.82, 2.24) is 9.97 Å². The number of hydrogen-bond donors (Lipinski definition) is 1. The number of nitro benzene ring substituents is 1. The molecule has 0 saturated carbocycles. The van der Waals surface area contributed by atoms with E-state index in [9.17, 15) is 19.7 Å². The Hall–Kier alpha value is -3.27. The Morgan fingerprint density at radius 3 is 2.85 bits per heavy atom. The third-order valence-electron chi connectivity index (χ3n) is 3.59. The van der Waals surface area contributed by atoms with Crippen molar-refractivity contribution in [2.45, 2.75) is 6.61 Å². The first-order chi connectivity index (χ1) is 12.4. The van der Waals surface area contributed by atoms with Crippen LogP contribution in [0, 0.1) is 10.1 Å². The van der Waals surface area contributed by atoms with Gasteiger partial charge in [-0.2, -0.15) is 0 Å². The van der Waals surface area contributed by atoms with Crippen LogP contribution >= 0.6 is 11.3 Å². The SMILES string of the molecule is CN(C)c1ccc(C(=O)OCc2nc3ccsc3c(=O)[nH]2)cc1[N+](=O)[O-]. The number of carbonyl (C=O) groups excluding carboxylic acids is 1. The van der Waals surface area contributed by atoms with Gasteiger partial charge >= 0.3 is 5.97 Å². The average Bonchev–Trinajstić information content (AvgIpc) is 3.08. The molecule has 134 valence electrons. The second-order valence-electron chi connectivity index (χ2n) is 5.58. The molecule has 0 bridgehead atoms. The Morgan fingerprint density at radius 2 is 2.15 bits per heavy atom. The highest BCUT2D eigenvalue weighted by molar-refractivity contribution is 7.17. The van der Waals surface area contributed by atoms with Gasteiger partial charge in [0, 0.05) is 20.2 Å². The lowest BCUT2D eigenvalue weighted by Gasteiger charge is -2.13. The van der Waals surface area contributed by atoms with Crippen molar-refractivity contribution in [3.63, 3.8) is 0 Å². The largest absolute Gasteiger partial charge is 0.454 e. The molecule has 0 aliphatic heterocycles. The van der Waals surface area contributed by atoms with Crippen LogP contribution in [0.15, 0.2) is 34.4 Å². The van der Waals surface area contributed by atoms with E-state index in [-0.39, 0.29) is 29.2 Å². The summed E-state index contributed by atoms with van der Waals surface area (Å²) in [6.07, 6.45) is 0. The number of carbonyl (C=O) groups is 1. The zero-order valence-corrected chi connectivity index (χ0v) is 14.7. The highest BCUT2D eigenvalue weighted by atomic mass is 32.1. The molecule has 0 saturated heterocycles. The molecule has 0 atom stereocenters. The summed E-state index contributed by atoms with van der Waals surface area (Å²) in [5.74, 6) is -0.542. The standard InChI is InChI=1S/C16H14N4O5S/c1-19(2)11-4-3-9(7-12(11)20(23)24)16(22)25-8-13-17-10-5-6-26-14(10)15(21)18-13/h3-7H,8H2,1-2H3,(H,17,18,21). The van der Waals surface area contributed by atoms with E-state index in [2.05, 4.69) is 9.97 Å². The van der Waals surface area contributed by atoms with Crippen LogP contribution in [0.3, 0.4) is 0 Å². The van der Waals surface area contributed by atoms with Crippen molar-refractivity contribution >= 4 is 38.9 Å². The van der Waals surface area contributed by atoms with Crippen LogP contribution in [-0.4, -0.2) is 35.0 Å². The molecule has 0 fully saturated rings. The van der Waals surface area contributed by atoms with Gasteiger partial charge in [0.15, 0.2) is 0 Å². The second kappa shape index (κ2) is 6.92. The van der Waals surface area contributed by atoms with Gasteiger partial charge < -0.3 is 14.6 Å². The molecule has 1 N–H and O–H groups in total. The maximum atomic E-state index is 12.2. The molecule has 1 aromatic carbocycles. The molecule has 0 unspecified atom stereocenters. The van der Waals surface area contributed by atoms with Crippen LogP contribution in [0.25, 0.3) is 10.2 Å². The van der Waals surface area contributed by atoms with Gasteiger partial charge in [-0.1, -0.05) is 0 Å². The molecule has 9 nitrogen and oxygen atoms in total. The van der Waals surface area contributed by atoms with Gasteiger partial charge in [-0.05, 0) is 23.6 Å². The first-order valence-corrected chi connectivity index (χ1v) is 8.34. The Kier molecular flexibility index (Phi) is 4.67. The van der Waals surface area contributed by atoms with Gasteiger partial charge in [0.25, 0.3) is 11.2 Å². The minimum Gasteiger partial charge on any atom is -0.454 e. The van der Waals surface area contributed by atoms with Crippen LogP contribution < -0.4 is 10.5 Å². The monoisotopic (exact) mass is 374 g/mol. The summed E-state index contributed by atoms with van der Waals surface area (Å²) in [7, 11) is 3.34. The third kappa shape index (κ3) is 3.40. The minimum absolute atomic E-state index is 0.0428. The lowest BCUT2D eigenvalue weighted by atomic mass is 10.1. The number of hydrogen-bond acceptors (Lipinski definition) is 8. The number of benzene rings is 1. The lowest BCUT2D eigenvalue weighted by molar-refractivity contribution is -0.384. The molecule has 26 heavy (non-hydrogen) atoms. The zero-order chi connectivity index (χ0) is 18.8. The van der Waals surface area contributed by atoms with Gasteiger partial charge in [0.1, 0.15) is 22.8 Å². The molecule has 0 amide bonds. The molecular formula is C16H14N4O5S. The summed E-state index contributed by atoms with van der Waals surface area (Å²) in [4.78, 5) is 43.1. The highest BCUT2D eigenvalue weighted by Crippen LogP contribution is 2.28. The van der Waals surface area contributed by atoms with Crippen molar-refractivity contribution in [3.8, 4) is 0 Å². The molecule has 0 spiro atoms. The predicted octanol–water partition coefficient (Wildman–Crippen LogP) is 2.32. The van der Waals surface area contributed by atoms with Crippen molar-refractivity contribution in [1.29, 1.82) is 0 Å². The number of nitrogens with one attached hydrogen (secondary N) is 1. The maximum absolute atomic E-state index is 12.2. The normalized spacial score (nSPS) is 10.7. The van der Waals surface area contributed by atoms with E-state index in [0.29, 0.717) is 15.9 Å². The van der Waals surface area contributed by atoms with Crippen LogP contribution in [-0.2, 0) is 11.3 Å².